The van der Waals surface area contributed by atoms with Crippen LogP contribution in [0.5, 0.6) is 0 Å². The van der Waals surface area contributed by atoms with Gasteiger partial charge in [0.05, 0.1) is 5.60 Å². The third-order valence-corrected chi connectivity index (χ3v) is 4.15. The van der Waals surface area contributed by atoms with Gasteiger partial charge >= 0.3 is 0 Å². The van der Waals surface area contributed by atoms with Crippen molar-refractivity contribution in [1.82, 2.24) is 4.90 Å². The molecule has 0 amide bonds. The number of nitrogens with zero attached hydrogens (tertiary/aromatic N) is 1. The van der Waals surface area contributed by atoms with Gasteiger partial charge in [-0.15, -0.1) is 0 Å². The summed E-state index contributed by atoms with van der Waals surface area (Å²) in [5.41, 5.74) is 1.38. The summed E-state index contributed by atoms with van der Waals surface area (Å²) in [7, 11) is 0. The molecule has 1 aliphatic rings. The van der Waals surface area contributed by atoms with Gasteiger partial charge in [-0.3, -0.25) is 0 Å². The Labute approximate surface area is 115 Å². The van der Waals surface area contributed by atoms with Gasteiger partial charge in [0.1, 0.15) is 5.82 Å². The molecule has 1 fully saturated rings. The predicted molar refractivity (Wildman–Crippen MR) is 75.8 cm³/mol. The molecule has 2 rings (SSSR count). The Hall–Kier alpha value is -0.930. The lowest BCUT2D eigenvalue weighted by atomic mass is 9.84. The lowest BCUT2D eigenvalue weighted by molar-refractivity contribution is -0.0206. The molecule has 3 heteroatoms. The number of rotatable bonds is 4. The Morgan fingerprint density at radius 3 is 2.58 bits per heavy atom. The molecule has 106 valence electrons. The van der Waals surface area contributed by atoms with Crippen molar-refractivity contribution in [3.8, 4) is 0 Å². The average molecular weight is 265 g/mol. The van der Waals surface area contributed by atoms with Crippen LogP contribution in [0, 0.1) is 12.7 Å². The maximum Gasteiger partial charge on any atom is 0.123 e. The first-order valence-corrected chi connectivity index (χ1v) is 7.22. The van der Waals surface area contributed by atoms with E-state index >= 15 is 0 Å². The largest absolute Gasteiger partial charge is 0.389 e. The summed E-state index contributed by atoms with van der Waals surface area (Å²) in [6.07, 6.45) is 3.42. The second kappa shape index (κ2) is 6.02. The highest BCUT2D eigenvalue weighted by molar-refractivity contribution is 5.28. The van der Waals surface area contributed by atoms with Crippen LogP contribution in [0.3, 0.4) is 0 Å². The molecule has 2 nitrogen and oxygen atoms in total. The van der Waals surface area contributed by atoms with Crippen LogP contribution in [-0.4, -0.2) is 35.2 Å². The van der Waals surface area contributed by atoms with Crippen molar-refractivity contribution in [1.29, 1.82) is 0 Å². The minimum atomic E-state index is -0.618. The number of aliphatic hydroxyl groups is 1. The van der Waals surface area contributed by atoms with Crippen molar-refractivity contribution >= 4 is 0 Å². The Morgan fingerprint density at radius 2 is 2.00 bits per heavy atom. The van der Waals surface area contributed by atoms with E-state index in [2.05, 4.69) is 11.8 Å². The smallest absolute Gasteiger partial charge is 0.123 e. The lowest BCUT2D eigenvalue weighted by Crippen LogP contribution is -2.45. The van der Waals surface area contributed by atoms with Gasteiger partial charge < -0.3 is 10.0 Å². The number of hydrogen-bond donors (Lipinski definition) is 1. The summed E-state index contributed by atoms with van der Waals surface area (Å²) in [5.74, 6) is -0.203. The summed E-state index contributed by atoms with van der Waals surface area (Å²) in [5, 5.41) is 10.7. The molecule has 0 aromatic heterocycles. The quantitative estimate of drug-likeness (QED) is 0.905. The lowest BCUT2D eigenvalue weighted by Gasteiger charge is -2.38. The first-order valence-electron chi connectivity index (χ1n) is 7.22. The number of piperidine rings is 1. The first-order chi connectivity index (χ1) is 9.02. The molecule has 1 heterocycles. The highest BCUT2D eigenvalue weighted by atomic mass is 19.1. The summed E-state index contributed by atoms with van der Waals surface area (Å²) in [4.78, 5) is 2.41. The van der Waals surface area contributed by atoms with Gasteiger partial charge in [-0.2, -0.15) is 0 Å². The van der Waals surface area contributed by atoms with Gasteiger partial charge in [-0.25, -0.2) is 4.39 Å². The number of halogens is 1. The first kappa shape index (κ1) is 14.5. The summed E-state index contributed by atoms with van der Waals surface area (Å²) < 4.78 is 13.1. The molecule has 1 N–H and O–H groups in total. The van der Waals surface area contributed by atoms with Gasteiger partial charge in [-0.05, 0) is 56.0 Å². The fourth-order valence-electron chi connectivity index (χ4n) is 2.90. The molecule has 0 radical (unpaired) electrons. The van der Waals surface area contributed by atoms with Gasteiger partial charge in [0.25, 0.3) is 0 Å². The number of likely N-dealkylation sites (tertiary alicyclic amines) is 1. The van der Waals surface area contributed by atoms with E-state index in [0.29, 0.717) is 6.42 Å². The minimum Gasteiger partial charge on any atom is -0.389 e. The van der Waals surface area contributed by atoms with Crippen LogP contribution < -0.4 is 0 Å². The molecular weight excluding hydrogens is 241 g/mol. The third kappa shape index (κ3) is 3.77. The fraction of sp³-hybridized carbons (Fsp3) is 0.625. The van der Waals surface area contributed by atoms with Crippen LogP contribution in [0.4, 0.5) is 4.39 Å². The van der Waals surface area contributed by atoms with Crippen LogP contribution in [0.1, 0.15) is 37.3 Å². The van der Waals surface area contributed by atoms with Crippen LogP contribution in [-0.2, 0) is 6.42 Å². The number of aryl methyl sites for hydroxylation is 1. The molecular formula is C16H24FNO. The van der Waals surface area contributed by atoms with Gasteiger partial charge in [0.15, 0.2) is 0 Å². The van der Waals surface area contributed by atoms with E-state index in [1.54, 1.807) is 12.1 Å². The highest BCUT2D eigenvalue weighted by Gasteiger charge is 2.32. The van der Waals surface area contributed by atoms with E-state index in [1.165, 1.54) is 6.07 Å². The molecule has 19 heavy (non-hydrogen) atoms. The van der Waals surface area contributed by atoms with Crippen LogP contribution in [0.2, 0.25) is 0 Å². The highest BCUT2D eigenvalue weighted by Crippen LogP contribution is 2.27. The van der Waals surface area contributed by atoms with Crippen molar-refractivity contribution < 1.29 is 9.50 Å². The van der Waals surface area contributed by atoms with E-state index < -0.39 is 5.60 Å². The average Bonchev–Trinajstić information content (AvgIpc) is 2.36. The van der Waals surface area contributed by atoms with Crippen molar-refractivity contribution in [3.05, 3.63) is 35.1 Å². The Kier molecular flexibility index (Phi) is 4.58. The molecule has 0 spiro atoms. The molecule has 1 aromatic rings. The summed E-state index contributed by atoms with van der Waals surface area (Å²) in [6, 6.07) is 4.84. The van der Waals surface area contributed by atoms with Crippen LogP contribution >= 0.6 is 0 Å². The van der Waals surface area contributed by atoms with Crippen LogP contribution in [0.25, 0.3) is 0 Å². The summed E-state index contributed by atoms with van der Waals surface area (Å²) in [6.45, 7) is 7.14. The van der Waals surface area contributed by atoms with Gasteiger partial charge in [-0.1, -0.05) is 13.0 Å². The number of benzene rings is 1. The zero-order valence-electron chi connectivity index (χ0n) is 12.0. The fourth-order valence-corrected chi connectivity index (χ4v) is 2.90. The molecule has 1 aromatic carbocycles. The monoisotopic (exact) mass is 265 g/mol. The Bertz CT molecular complexity index is 425. The number of hydrogen-bond acceptors (Lipinski definition) is 2. The van der Waals surface area contributed by atoms with Crippen molar-refractivity contribution in [2.45, 2.75) is 45.1 Å². The van der Waals surface area contributed by atoms with Crippen molar-refractivity contribution in [2.24, 2.45) is 0 Å². The minimum absolute atomic E-state index is 0.203. The Balaban J connectivity index is 1.99. The maximum absolute atomic E-state index is 13.1. The zero-order chi connectivity index (χ0) is 13.9. The van der Waals surface area contributed by atoms with Gasteiger partial charge in [0, 0.05) is 19.5 Å². The van der Waals surface area contributed by atoms with E-state index in [1.807, 2.05) is 6.92 Å². The molecule has 1 saturated heterocycles. The van der Waals surface area contributed by atoms with E-state index in [-0.39, 0.29) is 5.82 Å². The topological polar surface area (TPSA) is 23.5 Å². The molecule has 0 atom stereocenters. The Morgan fingerprint density at radius 1 is 1.32 bits per heavy atom. The zero-order valence-corrected chi connectivity index (χ0v) is 12.0. The van der Waals surface area contributed by atoms with Crippen LogP contribution in [0.15, 0.2) is 18.2 Å². The molecule has 0 bridgehead atoms. The molecule has 0 saturated carbocycles. The maximum atomic E-state index is 13.1. The normalized spacial score (nSPS) is 19.6. The molecule has 0 aliphatic carbocycles. The van der Waals surface area contributed by atoms with Gasteiger partial charge in [0.2, 0.25) is 0 Å². The second-order valence-electron chi connectivity index (χ2n) is 5.81. The van der Waals surface area contributed by atoms with E-state index in [9.17, 15) is 9.50 Å². The molecule has 0 unspecified atom stereocenters. The van der Waals surface area contributed by atoms with Crippen molar-refractivity contribution in [3.63, 3.8) is 0 Å². The van der Waals surface area contributed by atoms with E-state index in [0.717, 1.165) is 50.0 Å². The summed E-state index contributed by atoms with van der Waals surface area (Å²) >= 11 is 0. The third-order valence-electron chi connectivity index (χ3n) is 4.15. The second-order valence-corrected chi connectivity index (χ2v) is 5.81. The van der Waals surface area contributed by atoms with E-state index in [4.69, 9.17) is 0 Å². The SMILES string of the molecule is CCCN1CCC(O)(Cc2ccc(F)cc2C)CC1. The predicted octanol–water partition coefficient (Wildman–Crippen LogP) is 2.91. The van der Waals surface area contributed by atoms with Crippen molar-refractivity contribution in [2.75, 3.05) is 19.6 Å². The molecule has 1 aliphatic heterocycles. The standard InChI is InChI=1S/C16H24FNO/c1-3-8-18-9-6-16(19,7-10-18)12-14-4-5-15(17)11-13(14)2/h4-5,11,19H,3,6-10,12H2,1-2H3.